The maximum Gasteiger partial charge on any atom is 0.0503 e. The van der Waals surface area contributed by atoms with Crippen molar-refractivity contribution < 1.29 is 4.74 Å². The molecule has 1 saturated heterocycles. The van der Waals surface area contributed by atoms with Crippen LogP contribution in [-0.2, 0) is 11.3 Å². The van der Waals surface area contributed by atoms with Gasteiger partial charge in [0.2, 0.25) is 0 Å². The van der Waals surface area contributed by atoms with Crippen molar-refractivity contribution in [3.63, 3.8) is 0 Å². The zero-order valence-electron chi connectivity index (χ0n) is 10.2. The number of rotatable bonds is 4. The number of halogens is 1. The van der Waals surface area contributed by atoms with Crippen LogP contribution in [0.2, 0.25) is 0 Å². The summed E-state index contributed by atoms with van der Waals surface area (Å²) in [5.74, 6) is 0.680. The fourth-order valence-corrected chi connectivity index (χ4v) is 2.76. The van der Waals surface area contributed by atoms with Crippen LogP contribution in [0, 0.1) is 5.92 Å². The van der Waals surface area contributed by atoms with Gasteiger partial charge in [0.05, 0.1) is 6.61 Å². The third-order valence-corrected chi connectivity index (χ3v) is 4.01. The quantitative estimate of drug-likeness (QED) is 0.868. The Morgan fingerprint density at radius 1 is 1.53 bits per heavy atom. The number of hydrogen-bond acceptors (Lipinski definition) is 3. The van der Waals surface area contributed by atoms with Crippen molar-refractivity contribution in [2.75, 3.05) is 32.5 Å². The molecule has 0 radical (unpaired) electrons. The van der Waals surface area contributed by atoms with Gasteiger partial charge >= 0.3 is 0 Å². The predicted molar refractivity (Wildman–Crippen MR) is 73.8 cm³/mol. The van der Waals surface area contributed by atoms with Gasteiger partial charge in [-0.15, -0.1) is 0 Å². The van der Waals surface area contributed by atoms with E-state index in [9.17, 15) is 0 Å². The van der Waals surface area contributed by atoms with Crippen LogP contribution in [-0.4, -0.2) is 31.7 Å². The molecule has 0 saturated carbocycles. The standard InChI is InChI=1S/C13H19BrN2O/c1-17-9-10-4-5-16(7-10)8-11-6-12(15)2-3-13(11)14/h2-3,6,10H,4-5,7-9,15H2,1H3. The zero-order valence-corrected chi connectivity index (χ0v) is 11.7. The molecule has 1 heterocycles. The van der Waals surface area contributed by atoms with E-state index in [0.717, 1.165) is 36.4 Å². The van der Waals surface area contributed by atoms with Gasteiger partial charge in [-0.05, 0) is 42.6 Å². The first-order valence-electron chi connectivity index (χ1n) is 5.94. The normalized spacial score (nSPS) is 20.9. The van der Waals surface area contributed by atoms with Crippen LogP contribution in [0.1, 0.15) is 12.0 Å². The van der Waals surface area contributed by atoms with Crippen molar-refractivity contribution in [2.45, 2.75) is 13.0 Å². The maximum atomic E-state index is 5.82. The molecule has 0 spiro atoms. The SMILES string of the molecule is COCC1CCN(Cc2cc(N)ccc2Br)C1. The Balaban J connectivity index is 1.95. The van der Waals surface area contributed by atoms with E-state index in [1.165, 1.54) is 12.0 Å². The molecule has 0 aliphatic carbocycles. The average Bonchev–Trinajstić information content (AvgIpc) is 2.72. The Hall–Kier alpha value is -0.580. The predicted octanol–water partition coefficient (Wildman–Crippen LogP) is 2.50. The van der Waals surface area contributed by atoms with Crippen LogP contribution in [0.25, 0.3) is 0 Å². The summed E-state index contributed by atoms with van der Waals surface area (Å²) < 4.78 is 6.35. The highest BCUT2D eigenvalue weighted by atomic mass is 79.9. The van der Waals surface area contributed by atoms with E-state index in [-0.39, 0.29) is 0 Å². The molecule has 0 amide bonds. The molecule has 4 heteroatoms. The summed E-state index contributed by atoms with van der Waals surface area (Å²) >= 11 is 3.58. The second-order valence-electron chi connectivity index (χ2n) is 4.70. The highest BCUT2D eigenvalue weighted by Gasteiger charge is 2.22. The molecule has 0 aromatic heterocycles. The molecule has 1 unspecified atom stereocenters. The van der Waals surface area contributed by atoms with E-state index in [0.29, 0.717) is 5.92 Å². The van der Waals surface area contributed by atoms with E-state index in [1.54, 1.807) is 7.11 Å². The van der Waals surface area contributed by atoms with Gasteiger partial charge in [0, 0.05) is 30.4 Å². The number of nitrogens with zero attached hydrogens (tertiary/aromatic N) is 1. The van der Waals surface area contributed by atoms with E-state index >= 15 is 0 Å². The molecule has 1 aliphatic heterocycles. The lowest BCUT2D eigenvalue weighted by molar-refractivity contribution is 0.152. The minimum Gasteiger partial charge on any atom is -0.399 e. The molecule has 3 nitrogen and oxygen atoms in total. The Morgan fingerprint density at radius 2 is 2.35 bits per heavy atom. The van der Waals surface area contributed by atoms with Gasteiger partial charge in [0.15, 0.2) is 0 Å². The highest BCUT2D eigenvalue weighted by molar-refractivity contribution is 9.10. The molecule has 2 rings (SSSR count). The van der Waals surface area contributed by atoms with Crippen LogP contribution >= 0.6 is 15.9 Å². The fraction of sp³-hybridized carbons (Fsp3) is 0.538. The van der Waals surface area contributed by atoms with Gasteiger partial charge in [-0.3, -0.25) is 4.90 Å². The van der Waals surface area contributed by atoms with Crippen LogP contribution in [0.4, 0.5) is 5.69 Å². The third kappa shape index (κ3) is 3.44. The number of ether oxygens (including phenoxy) is 1. The van der Waals surface area contributed by atoms with Crippen LogP contribution in [0.5, 0.6) is 0 Å². The van der Waals surface area contributed by atoms with Crippen molar-refractivity contribution in [2.24, 2.45) is 5.92 Å². The first-order valence-corrected chi connectivity index (χ1v) is 6.73. The summed E-state index contributed by atoms with van der Waals surface area (Å²) in [5.41, 5.74) is 7.91. The largest absolute Gasteiger partial charge is 0.399 e. The molecule has 17 heavy (non-hydrogen) atoms. The van der Waals surface area contributed by atoms with Gasteiger partial charge in [0.1, 0.15) is 0 Å². The lowest BCUT2D eigenvalue weighted by Crippen LogP contribution is -2.21. The van der Waals surface area contributed by atoms with Crippen molar-refractivity contribution in [1.82, 2.24) is 4.90 Å². The van der Waals surface area contributed by atoms with Crippen LogP contribution in [0.3, 0.4) is 0 Å². The summed E-state index contributed by atoms with van der Waals surface area (Å²) in [6.07, 6.45) is 1.23. The summed E-state index contributed by atoms with van der Waals surface area (Å²) in [7, 11) is 1.77. The van der Waals surface area contributed by atoms with E-state index in [2.05, 4.69) is 20.8 Å². The second kappa shape index (κ2) is 5.85. The van der Waals surface area contributed by atoms with Crippen molar-refractivity contribution in [1.29, 1.82) is 0 Å². The summed E-state index contributed by atoms with van der Waals surface area (Å²) in [6.45, 7) is 4.10. The molecule has 1 aromatic rings. The molecular formula is C13H19BrN2O. The molecule has 1 atom stereocenters. The summed E-state index contributed by atoms with van der Waals surface area (Å²) in [5, 5.41) is 0. The Morgan fingerprint density at radius 3 is 3.12 bits per heavy atom. The summed E-state index contributed by atoms with van der Waals surface area (Å²) in [6, 6.07) is 5.99. The monoisotopic (exact) mass is 298 g/mol. The van der Waals surface area contributed by atoms with Gasteiger partial charge in [-0.1, -0.05) is 15.9 Å². The first kappa shape index (κ1) is 12.9. The number of likely N-dealkylation sites (tertiary alicyclic amines) is 1. The van der Waals surface area contributed by atoms with Crippen molar-refractivity contribution in [3.8, 4) is 0 Å². The van der Waals surface area contributed by atoms with E-state index in [1.807, 2.05) is 18.2 Å². The number of nitrogens with two attached hydrogens (primary N) is 1. The Labute approximate surface area is 111 Å². The molecule has 2 N–H and O–H groups in total. The molecular weight excluding hydrogens is 280 g/mol. The molecule has 94 valence electrons. The zero-order chi connectivity index (χ0) is 12.3. The third-order valence-electron chi connectivity index (χ3n) is 3.24. The van der Waals surface area contributed by atoms with E-state index in [4.69, 9.17) is 10.5 Å². The maximum absolute atomic E-state index is 5.82. The van der Waals surface area contributed by atoms with Crippen LogP contribution in [0.15, 0.2) is 22.7 Å². The van der Waals surface area contributed by atoms with Crippen molar-refractivity contribution >= 4 is 21.6 Å². The first-order chi connectivity index (χ1) is 8.19. The van der Waals surface area contributed by atoms with E-state index < -0.39 is 0 Å². The van der Waals surface area contributed by atoms with Gasteiger partial charge in [-0.2, -0.15) is 0 Å². The van der Waals surface area contributed by atoms with Gasteiger partial charge < -0.3 is 10.5 Å². The minimum atomic E-state index is 0.680. The number of benzene rings is 1. The number of hydrogen-bond donors (Lipinski definition) is 1. The van der Waals surface area contributed by atoms with Crippen molar-refractivity contribution in [3.05, 3.63) is 28.2 Å². The Kier molecular flexibility index (Phi) is 4.42. The highest BCUT2D eigenvalue weighted by Crippen LogP contribution is 2.24. The van der Waals surface area contributed by atoms with Crippen LogP contribution < -0.4 is 5.73 Å². The lowest BCUT2D eigenvalue weighted by atomic mass is 10.1. The fourth-order valence-electron chi connectivity index (χ4n) is 2.38. The summed E-state index contributed by atoms with van der Waals surface area (Å²) in [4.78, 5) is 2.46. The molecule has 1 fully saturated rings. The minimum absolute atomic E-state index is 0.680. The molecule has 1 aliphatic rings. The average molecular weight is 299 g/mol. The second-order valence-corrected chi connectivity index (χ2v) is 5.55. The van der Waals surface area contributed by atoms with Gasteiger partial charge in [-0.25, -0.2) is 0 Å². The van der Waals surface area contributed by atoms with Gasteiger partial charge in [0.25, 0.3) is 0 Å². The Bertz CT molecular complexity index is 384. The number of methoxy groups -OCH3 is 1. The lowest BCUT2D eigenvalue weighted by Gasteiger charge is -2.17. The number of nitrogen functional groups attached to an aromatic ring is 1. The topological polar surface area (TPSA) is 38.5 Å². The number of anilines is 1. The molecule has 0 bridgehead atoms. The smallest absolute Gasteiger partial charge is 0.0503 e. The molecule has 1 aromatic carbocycles.